The molecular weight excluding hydrogens is 266 g/mol. The van der Waals surface area contributed by atoms with E-state index in [1.165, 1.54) is 0 Å². The second kappa shape index (κ2) is 7.00. The van der Waals surface area contributed by atoms with Crippen LogP contribution in [0.4, 0.5) is 0 Å². The number of nitrogens with zero attached hydrogens (tertiary/aromatic N) is 1. The summed E-state index contributed by atoms with van der Waals surface area (Å²) in [6.45, 7) is 2.37. The van der Waals surface area contributed by atoms with Gasteiger partial charge in [-0.2, -0.15) is 0 Å². The molecule has 2 saturated heterocycles. The average Bonchev–Trinajstić information content (AvgIpc) is 2.58. The largest absolute Gasteiger partial charge is 0.354 e. The Hall–Kier alpha value is -0.950. The fraction of sp³-hybridized carbons (Fsp3) is 0.833. The van der Waals surface area contributed by atoms with Gasteiger partial charge in [0.15, 0.2) is 0 Å². The van der Waals surface area contributed by atoms with Crippen LogP contribution in [0.1, 0.15) is 19.3 Å². The first-order valence-electron chi connectivity index (χ1n) is 6.79. The minimum absolute atomic E-state index is 0.0782. The minimum Gasteiger partial charge on any atom is -0.354 e. The molecular formula is C12H21N3O3S. The average molecular weight is 287 g/mol. The van der Waals surface area contributed by atoms with E-state index in [0.29, 0.717) is 44.1 Å². The van der Waals surface area contributed by atoms with Crippen molar-refractivity contribution in [3.05, 3.63) is 0 Å². The Morgan fingerprint density at radius 2 is 2.11 bits per heavy atom. The zero-order chi connectivity index (χ0) is 13.7. The van der Waals surface area contributed by atoms with Gasteiger partial charge in [0.2, 0.25) is 11.8 Å². The van der Waals surface area contributed by atoms with Crippen molar-refractivity contribution in [3.8, 4) is 0 Å². The monoisotopic (exact) mass is 287 g/mol. The van der Waals surface area contributed by atoms with Gasteiger partial charge in [0.25, 0.3) is 0 Å². The van der Waals surface area contributed by atoms with E-state index in [1.54, 1.807) is 0 Å². The van der Waals surface area contributed by atoms with Crippen molar-refractivity contribution < 1.29 is 13.8 Å². The van der Waals surface area contributed by atoms with E-state index in [1.807, 2.05) is 4.90 Å². The topological polar surface area (TPSA) is 78.5 Å². The van der Waals surface area contributed by atoms with Crippen LogP contribution in [-0.2, 0) is 20.4 Å². The number of carbonyl (C=O) groups excluding carboxylic acids is 2. The Bertz CT molecular complexity index is 365. The van der Waals surface area contributed by atoms with Crippen LogP contribution in [0, 0.1) is 0 Å². The van der Waals surface area contributed by atoms with Gasteiger partial charge in [0, 0.05) is 41.9 Å². The number of hydrogen-bond donors (Lipinski definition) is 2. The van der Waals surface area contributed by atoms with Gasteiger partial charge < -0.3 is 10.6 Å². The summed E-state index contributed by atoms with van der Waals surface area (Å²) in [4.78, 5) is 25.6. The molecule has 0 saturated carbocycles. The molecule has 2 heterocycles. The minimum atomic E-state index is -0.727. The van der Waals surface area contributed by atoms with Crippen molar-refractivity contribution in [1.82, 2.24) is 15.5 Å². The molecule has 0 aromatic rings. The van der Waals surface area contributed by atoms with Gasteiger partial charge in [-0.1, -0.05) is 0 Å². The highest BCUT2D eigenvalue weighted by Crippen LogP contribution is 2.05. The van der Waals surface area contributed by atoms with Crippen LogP contribution in [-0.4, -0.2) is 64.6 Å². The predicted molar refractivity (Wildman–Crippen MR) is 73.1 cm³/mol. The second-order valence-corrected chi connectivity index (χ2v) is 6.73. The van der Waals surface area contributed by atoms with E-state index in [9.17, 15) is 13.8 Å². The maximum atomic E-state index is 11.9. The lowest BCUT2D eigenvalue weighted by molar-refractivity contribution is -0.129. The maximum absolute atomic E-state index is 11.9. The third-order valence-electron chi connectivity index (χ3n) is 3.51. The smallest absolute Gasteiger partial charge is 0.242 e. The first-order valence-corrected chi connectivity index (χ1v) is 8.28. The molecule has 0 aromatic carbocycles. The fourth-order valence-corrected chi connectivity index (χ4v) is 3.48. The normalized spacial score (nSPS) is 26.5. The number of carbonyl (C=O) groups is 2. The van der Waals surface area contributed by atoms with Gasteiger partial charge >= 0.3 is 0 Å². The Morgan fingerprint density at radius 1 is 1.37 bits per heavy atom. The third-order valence-corrected chi connectivity index (χ3v) is 4.78. The fourth-order valence-electron chi connectivity index (χ4n) is 2.35. The standard InChI is InChI=1S/C12H21N3O3S/c16-11(9-15-5-7-19(18)8-6-15)14-10-3-1-2-4-13-12(10)17/h10H,1-9H2,(H,13,17)(H,14,16). The van der Waals surface area contributed by atoms with Crippen LogP contribution in [0.25, 0.3) is 0 Å². The summed E-state index contributed by atoms with van der Waals surface area (Å²) in [7, 11) is -0.727. The van der Waals surface area contributed by atoms with E-state index in [0.717, 1.165) is 12.8 Å². The van der Waals surface area contributed by atoms with Crippen molar-refractivity contribution in [2.75, 3.05) is 37.7 Å². The number of nitrogens with one attached hydrogen (secondary N) is 2. The molecule has 0 aromatic heterocycles. The van der Waals surface area contributed by atoms with Crippen LogP contribution in [0.15, 0.2) is 0 Å². The molecule has 6 nitrogen and oxygen atoms in total. The van der Waals surface area contributed by atoms with Crippen molar-refractivity contribution in [2.24, 2.45) is 0 Å². The summed E-state index contributed by atoms with van der Waals surface area (Å²) in [5.74, 6) is 1.08. The highest BCUT2D eigenvalue weighted by molar-refractivity contribution is 7.85. The number of amides is 2. The number of rotatable bonds is 3. The van der Waals surface area contributed by atoms with Crippen molar-refractivity contribution in [3.63, 3.8) is 0 Å². The first-order chi connectivity index (χ1) is 9.15. The molecule has 2 rings (SSSR count). The molecule has 19 heavy (non-hydrogen) atoms. The van der Waals surface area contributed by atoms with Gasteiger partial charge in [-0.05, 0) is 19.3 Å². The molecule has 7 heteroatoms. The van der Waals surface area contributed by atoms with Crippen LogP contribution < -0.4 is 10.6 Å². The van der Waals surface area contributed by atoms with Gasteiger partial charge in [0.1, 0.15) is 6.04 Å². The van der Waals surface area contributed by atoms with E-state index in [2.05, 4.69) is 10.6 Å². The summed E-state index contributed by atoms with van der Waals surface area (Å²) in [5.41, 5.74) is 0. The lowest BCUT2D eigenvalue weighted by Crippen LogP contribution is -2.50. The summed E-state index contributed by atoms with van der Waals surface area (Å²) in [6, 6.07) is -0.395. The molecule has 0 aliphatic carbocycles. The summed E-state index contributed by atoms with van der Waals surface area (Å²) in [5, 5.41) is 5.60. The van der Waals surface area contributed by atoms with Gasteiger partial charge in [-0.15, -0.1) is 0 Å². The quantitative estimate of drug-likeness (QED) is 0.686. The van der Waals surface area contributed by atoms with Crippen LogP contribution >= 0.6 is 0 Å². The van der Waals surface area contributed by atoms with Gasteiger partial charge in [0.05, 0.1) is 6.54 Å². The maximum Gasteiger partial charge on any atom is 0.242 e. The number of hydrogen-bond acceptors (Lipinski definition) is 4. The van der Waals surface area contributed by atoms with E-state index >= 15 is 0 Å². The molecule has 0 radical (unpaired) electrons. The lowest BCUT2D eigenvalue weighted by Gasteiger charge is -2.26. The highest BCUT2D eigenvalue weighted by atomic mass is 32.2. The molecule has 2 fully saturated rings. The van der Waals surface area contributed by atoms with Crippen molar-refractivity contribution >= 4 is 22.6 Å². The van der Waals surface area contributed by atoms with E-state index in [4.69, 9.17) is 0 Å². The molecule has 1 atom stereocenters. The zero-order valence-electron chi connectivity index (χ0n) is 11.0. The Kier molecular flexibility index (Phi) is 5.33. The lowest BCUT2D eigenvalue weighted by atomic mass is 10.1. The molecule has 0 bridgehead atoms. The first kappa shape index (κ1) is 14.5. The summed E-state index contributed by atoms with van der Waals surface area (Å²) < 4.78 is 11.2. The zero-order valence-corrected chi connectivity index (χ0v) is 11.8. The molecule has 2 amide bonds. The Morgan fingerprint density at radius 3 is 2.84 bits per heavy atom. The predicted octanol–water partition coefficient (Wildman–Crippen LogP) is -1.16. The molecule has 1 unspecified atom stereocenters. The van der Waals surface area contributed by atoms with Gasteiger partial charge in [-0.3, -0.25) is 18.7 Å². The molecule has 2 aliphatic heterocycles. The van der Waals surface area contributed by atoms with E-state index < -0.39 is 16.8 Å². The van der Waals surface area contributed by atoms with Crippen LogP contribution in [0.5, 0.6) is 0 Å². The SMILES string of the molecule is O=C(CN1CCS(=O)CC1)NC1CCCCNC1=O. The Balaban J connectivity index is 1.76. The molecule has 0 spiro atoms. The molecule has 108 valence electrons. The van der Waals surface area contributed by atoms with E-state index in [-0.39, 0.29) is 11.8 Å². The Labute approximate surface area is 115 Å². The molecule has 2 N–H and O–H groups in total. The molecule has 2 aliphatic rings. The second-order valence-electron chi connectivity index (χ2n) is 5.03. The van der Waals surface area contributed by atoms with Crippen LogP contribution in [0.2, 0.25) is 0 Å². The third kappa shape index (κ3) is 4.58. The van der Waals surface area contributed by atoms with Crippen molar-refractivity contribution in [1.29, 1.82) is 0 Å². The van der Waals surface area contributed by atoms with Crippen molar-refractivity contribution in [2.45, 2.75) is 25.3 Å². The van der Waals surface area contributed by atoms with Crippen LogP contribution in [0.3, 0.4) is 0 Å². The summed E-state index contributed by atoms with van der Waals surface area (Å²) >= 11 is 0. The highest BCUT2D eigenvalue weighted by Gasteiger charge is 2.24. The van der Waals surface area contributed by atoms with Gasteiger partial charge in [-0.25, -0.2) is 0 Å². The summed E-state index contributed by atoms with van der Waals surface area (Å²) in [6.07, 6.45) is 2.63.